The van der Waals surface area contributed by atoms with E-state index >= 15 is 0 Å². The molecular weight excluding hydrogens is 364 g/mol. The highest BCUT2D eigenvalue weighted by molar-refractivity contribution is 5.89. The van der Waals surface area contributed by atoms with Crippen molar-refractivity contribution in [1.82, 2.24) is 9.80 Å². The number of methoxy groups -OCH3 is 1. The largest absolute Gasteiger partial charge is 0.497 e. The Balaban J connectivity index is 1.64. The van der Waals surface area contributed by atoms with E-state index in [-0.39, 0.29) is 23.8 Å². The van der Waals surface area contributed by atoms with Crippen LogP contribution < -0.4 is 4.74 Å². The smallest absolute Gasteiger partial charge is 0.228 e. The van der Waals surface area contributed by atoms with E-state index in [2.05, 4.69) is 12.1 Å². The summed E-state index contributed by atoms with van der Waals surface area (Å²) >= 11 is 0. The molecule has 29 heavy (non-hydrogen) atoms. The van der Waals surface area contributed by atoms with Crippen molar-refractivity contribution in [2.45, 2.75) is 32.7 Å². The third-order valence-corrected chi connectivity index (χ3v) is 5.74. The quantitative estimate of drug-likeness (QED) is 0.686. The summed E-state index contributed by atoms with van der Waals surface area (Å²) in [5.41, 5.74) is 2.24. The first-order valence-electron chi connectivity index (χ1n) is 10.3. The summed E-state index contributed by atoms with van der Waals surface area (Å²) in [6.07, 6.45) is 1.11. The first kappa shape index (κ1) is 20.9. The Morgan fingerprint density at radius 3 is 2.66 bits per heavy atom. The number of ether oxygens (including phenoxy) is 1. The Labute approximate surface area is 173 Å². The summed E-state index contributed by atoms with van der Waals surface area (Å²) in [6.45, 7) is 5.78. The lowest BCUT2D eigenvalue weighted by atomic mass is 10.0. The number of amides is 2. The minimum atomic E-state index is -0.272. The van der Waals surface area contributed by atoms with E-state index in [1.165, 1.54) is 5.56 Å². The van der Waals surface area contributed by atoms with Gasteiger partial charge in [-0.25, -0.2) is 0 Å². The maximum atomic E-state index is 13.2. The Hall–Kier alpha value is -2.82. The van der Waals surface area contributed by atoms with E-state index in [9.17, 15) is 9.59 Å². The van der Waals surface area contributed by atoms with Crippen LogP contribution in [0, 0.1) is 5.92 Å². The van der Waals surface area contributed by atoms with Gasteiger partial charge in [0.1, 0.15) is 5.75 Å². The van der Waals surface area contributed by atoms with Gasteiger partial charge < -0.3 is 14.5 Å². The number of benzene rings is 2. The number of rotatable bonds is 8. The van der Waals surface area contributed by atoms with Crippen molar-refractivity contribution in [3.05, 3.63) is 65.7 Å². The van der Waals surface area contributed by atoms with Gasteiger partial charge in [0.15, 0.2) is 0 Å². The number of hydrogen-bond acceptors (Lipinski definition) is 3. The van der Waals surface area contributed by atoms with Gasteiger partial charge in [-0.3, -0.25) is 9.59 Å². The second-order valence-electron chi connectivity index (χ2n) is 7.55. The molecule has 1 aliphatic heterocycles. The van der Waals surface area contributed by atoms with Crippen molar-refractivity contribution in [2.75, 3.05) is 26.7 Å². The van der Waals surface area contributed by atoms with Crippen molar-refractivity contribution in [2.24, 2.45) is 5.92 Å². The van der Waals surface area contributed by atoms with Crippen LogP contribution in [-0.4, -0.2) is 48.4 Å². The second kappa shape index (κ2) is 9.59. The lowest BCUT2D eigenvalue weighted by molar-refractivity contribution is -0.137. The average molecular weight is 395 g/mol. The van der Waals surface area contributed by atoms with E-state index < -0.39 is 0 Å². The summed E-state index contributed by atoms with van der Waals surface area (Å²) in [7, 11) is 1.64. The van der Waals surface area contributed by atoms with E-state index in [0.29, 0.717) is 26.1 Å². The summed E-state index contributed by atoms with van der Waals surface area (Å²) in [5, 5.41) is 0. The van der Waals surface area contributed by atoms with Gasteiger partial charge in [0, 0.05) is 26.1 Å². The normalized spacial score (nSPS) is 17.3. The van der Waals surface area contributed by atoms with Gasteiger partial charge in [0.05, 0.1) is 19.1 Å². The molecule has 5 heteroatoms. The molecule has 0 N–H and O–H groups in total. The number of carbonyl (C=O) groups is 2. The molecule has 0 radical (unpaired) electrons. The lowest BCUT2D eigenvalue weighted by Gasteiger charge is -2.31. The molecule has 2 unspecified atom stereocenters. The average Bonchev–Trinajstić information content (AvgIpc) is 3.14. The number of carbonyl (C=O) groups excluding carboxylic acids is 2. The third kappa shape index (κ3) is 4.97. The predicted octanol–water partition coefficient (Wildman–Crippen LogP) is 3.70. The van der Waals surface area contributed by atoms with Crippen LogP contribution in [0.1, 0.15) is 37.4 Å². The molecule has 1 saturated heterocycles. The Morgan fingerprint density at radius 2 is 1.97 bits per heavy atom. The monoisotopic (exact) mass is 394 g/mol. The number of hydrogen-bond donors (Lipinski definition) is 0. The van der Waals surface area contributed by atoms with Gasteiger partial charge >= 0.3 is 0 Å². The molecule has 0 bridgehead atoms. The van der Waals surface area contributed by atoms with Gasteiger partial charge in [-0.1, -0.05) is 42.5 Å². The molecule has 154 valence electrons. The molecule has 2 aromatic rings. The summed E-state index contributed by atoms with van der Waals surface area (Å²) in [4.78, 5) is 29.4. The van der Waals surface area contributed by atoms with Gasteiger partial charge in [-0.15, -0.1) is 0 Å². The molecule has 1 fully saturated rings. The predicted molar refractivity (Wildman–Crippen MR) is 114 cm³/mol. The number of likely N-dealkylation sites (tertiary alicyclic amines) is 1. The SMILES string of the molecule is CCN(C(=O)C1CC(=O)N(CCc2ccccc2)C1)C(C)c1cccc(OC)c1. The first-order valence-corrected chi connectivity index (χ1v) is 10.3. The van der Waals surface area contributed by atoms with Gasteiger partial charge in [-0.2, -0.15) is 0 Å². The van der Waals surface area contributed by atoms with Crippen molar-refractivity contribution < 1.29 is 14.3 Å². The highest BCUT2D eigenvalue weighted by Gasteiger charge is 2.37. The Morgan fingerprint density at radius 1 is 1.21 bits per heavy atom. The standard InChI is InChI=1S/C24H30N2O3/c1-4-26(18(2)20-11-8-12-22(15-20)29-3)24(28)21-16-23(27)25(17-21)14-13-19-9-6-5-7-10-19/h5-12,15,18,21H,4,13-14,16-17H2,1-3H3. The molecule has 0 aromatic heterocycles. The maximum Gasteiger partial charge on any atom is 0.228 e. The van der Waals surface area contributed by atoms with E-state index in [1.54, 1.807) is 7.11 Å². The van der Waals surface area contributed by atoms with Crippen LogP contribution in [0.3, 0.4) is 0 Å². The Kier molecular flexibility index (Phi) is 6.91. The van der Waals surface area contributed by atoms with Gasteiger partial charge in [0.25, 0.3) is 0 Å². The fourth-order valence-electron chi connectivity index (χ4n) is 4.00. The lowest BCUT2D eigenvalue weighted by Crippen LogP contribution is -2.39. The molecule has 0 spiro atoms. The summed E-state index contributed by atoms with van der Waals surface area (Å²) < 4.78 is 5.32. The molecule has 0 aliphatic carbocycles. The minimum Gasteiger partial charge on any atom is -0.497 e. The van der Waals surface area contributed by atoms with Gasteiger partial charge in [0.2, 0.25) is 11.8 Å². The second-order valence-corrected chi connectivity index (χ2v) is 7.55. The summed E-state index contributed by atoms with van der Waals surface area (Å²) in [5.74, 6) is 0.634. The maximum absolute atomic E-state index is 13.2. The highest BCUT2D eigenvalue weighted by atomic mass is 16.5. The van der Waals surface area contributed by atoms with Crippen LogP contribution in [0.25, 0.3) is 0 Å². The molecule has 2 atom stereocenters. The van der Waals surface area contributed by atoms with Gasteiger partial charge in [-0.05, 0) is 43.5 Å². The molecule has 5 nitrogen and oxygen atoms in total. The van der Waals surface area contributed by atoms with Crippen molar-refractivity contribution in [3.63, 3.8) is 0 Å². The van der Waals surface area contributed by atoms with Crippen LogP contribution in [0.15, 0.2) is 54.6 Å². The summed E-state index contributed by atoms with van der Waals surface area (Å²) in [6, 6.07) is 17.9. The van der Waals surface area contributed by atoms with Crippen LogP contribution >= 0.6 is 0 Å². The topological polar surface area (TPSA) is 49.9 Å². The minimum absolute atomic E-state index is 0.0541. The van der Waals surface area contributed by atoms with Crippen molar-refractivity contribution in [3.8, 4) is 5.75 Å². The van der Waals surface area contributed by atoms with E-state index in [0.717, 1.165) is 17.7 Å². The molecule has 1 heterocycles. The molecule has 2 amide bonds. The number of nitrogens with zero attached hydrogens (tertiary/aromatic N) is 2. The molecule has 2 aromatic carbocycles. The van der Waals surface area contributed by atoms with Crippen molar-refractivity contribution >= 4 is 11.8 Å². The Bertz CT molecular complexity index is 837. The third-order valence-electron chi connectivity index (χ3n) is 5.74. The van der Waals surface area contributed by atoms with Crippen molar-refractivity contribution in [1.29, 1.82) is 0 Å². The van der Waals surface area contributed by atoms with Crippen LogP contribution in [-0.2, 0) is 16.0 Å². The van der Waals surface area contributed by atoms with Crippen LogP contribution in [0.5, 0.6) is 5.75 Å². The van der Waals surface area contributed by atoms with Crippen LogP contribution in [0.2, 0.25) is 0 Å². The van der Waals surface area contributed by atoms with E-state index in [4.69, 9.17) is 4.74 Å². The van der Waals surface area contributed by atoms with E-state index in [1.807, 2.05) is 66.1 Å². The zero-order valence-electron chi connectivity index (χ0n) is 17.5. The highest BCUT2D eigenvalue weighted by Crippen LogP contribution is 2.28. The molecule has 1 aliphatic rings. The fraction of sp³-hybridized carbons (Fsp3) is 0.417. The zero-order valence-corrected chi connectivity index (χ0v) is 17.5. The first-order chi connectivity index (χ1) is 14.0. The molecule has 3 rings (SSSR count). The molecule has 0 saturated carbocycles. The fourth-order valence-corrected chi connectivity index (χ4v) is 4.00. The van der Waals surface area contributed by atoms with Crippen LogP contribution in [0.4, 0.5) is 0 Å². The molecular formula is C24H30N2O3. The zero-order chi connectivity index (χ0) is 20.8.